The number of rotatable bonds is 16. The van der Waals surface area contributed by atoms with Gasteiger partial charge in [0.15, 0.2) is 0 Å². The number of nitrogens with one attached hydrogen (secondary N) is 2. The van der Waals surface area contributed by atoms with Crippen molar-refractivity contribution in [2.45, 2.75) is 118 Å². The number of hydrogen-bond acceptors (Lipinski definition) is 5. The number of nitrogens with zero attached hydrogens (tertiary/aromatic N) is 1. The third-order valence-electron chi connectivity index (χ3n) is 7.62. The van der Waals surface area contributed by atoms with E-state index < -0.39 is 29.7 Å². The molecule has 43 heavy (non-hydrogen) atoms. The Morgan fingerprint density at radius 3 is 2.21 bits per heavy atom. The highest BCUT2D eigenvalue weighted by atomic mass is 16.6. The van der Waals surface area contributed by atoms with E-state index in [1.165, 1.54) is 0 Å². The molecule has 0 aliphatic rings. The lowest BCUT2D eigenvalue weighted by Crippen LogP contribution is -2.55. The molecule has 2 aromatic carbocycles. The lowest BCUT2D eigenvalue weighted by atomic mass is 9.94. The molecule has 3 N–H and O–H groups in total. The molecule has 8 nitrogen and oxygen atoms in total. The molecule has 0 saturated heterocycles. The molecule has 2 rings (SSSR count). The quantitative estimate of drug-likeness (QED) is 0.178. The van der Waals surface area contributed by atoms with E-state index in [4.69, 9.17) is 4.74 Å². The maximum atomic E-state index is 14.5. The molecule has 0 heterocycles. The zero-order valence-electron chi connectivity index (χ0n) is 27.2. The summed E-state index contributed by atoms with van der Waals surface area (Å²) in [5.74, 6) is -1.03. The predicted octanol–water partition coefficient (Wildman–Crippen LogP) is 7.19. The standard InChI is InChI=1S/C35H53N3O5/c1-8-10-11-12-13-17-23-38(33(41)29(25(3)9-2)37-34(42)43-35(5,6)7)30(28-22-18-19-26(4)31(28)39)32(40)36-24-27-20-15-14-16-21-27/h14-16,18-22,25,29-30,39H,8-13,17,23-24H2,1-7H3,(H,36,40)(H,37,42). The second kappa shape index (κ2) is 17.5. The number of unbranched alkanes of at least 4 members (excludes halogenated alkanes) is 5. The lowest BCUT2D eigenvalue weighted by Gasteiger charge is -2.36. The summed E-state index contributed by atoms with van der Waals surface area (Å²) in [6.07, 6.45) is 5.95. The summed E-state index contributed by atoms with van der Waals surface area (Å²) in [7, 11) is 0. The van der Waals surface area contributed by atoms with Crippen LogP contribution in [0.5, 0.6) is 5.75 Å². The van der Waals surface area contributed by atoms with Gasteiger partial charge in [0.1, 0.15) is 23.4 Å². The molecule has 0 bridgehead atoms. The molecule has 3 unspecified atom stereocenters. The van der Waals surface area contributed by atoms with Crippen molar-refractivity contribution in [3.05, 3.63) is 65.2 Å². The average molecular weight is 596 g/mol. The largest absolute Gasteiger partial charge is 0.507 e. The summed E-state index contributed by atoms with van der Waals surface area (Å²) < 4.78 is 5.50. The van der Waals surface area contributed by atoms with Crippen LogP contribution in [0.3, 0.4) is 0 Å². The fraction of sp³-hybridized carbons (Fsp3) is 0.571. The van der Waals surface area contributed by atoms with Gasteiger partial charge in [0.05, 0.1) is 0 Å². The minimum atomic E-state index is -1.10. The Morgan fingerprint density at radius 1 is 0.930 bits per heavy atom. The molecule has 0 aromatic heterocycles. The van der Waals surface area contributed by atoms with E-state index in [0.717, 1.165) is 37.7 Å². The molecular formula is C35H53N3O5. The second-order valence-corrected chi connectivity index (χ2v) is 12.4. The van der Waals surface area contributed by atoms with Gasteiger partial charge in [-0.1, -0.05) is 108 Å². The molecular weight excluding hydrogens is 542 g/mol. The first-order valence-electron chi connectivity index (χ1n) is 15.8. The fourth-order valence-electron chi connectivity index (χ4n) is 4.96. The van der Waals surface area contributed by atoms with Gasteiger partial charge in [-0.2, -0.15) is 0 Å². The van der Waals surface area contributed by atoms with E-state index >= 15 is 0 Å². The van der Waals surface area contributed by atoms with Crippen molar-refractivity contribution in [2.75, 3.05) is 6.54 Å². The Kier molecular flexibility index (Phi) is 14.5. The van der Waals surface area contributed by atoms with Crippen molar-refractivity contribution >= 4 is 17.9 Å². The highest BCUT2D eigenvalue weighted by molar-refractivity contribution is 5.92. The number of aryl methyl sites for hydroxylation is 1. The van der Waals surface area contributed by atoms with Crippen LogP contribution in [0.4, 0.5) is 4.79 Å². The van der Waals surface area contributed by atoms with Crippen LogP contribution in [-0.4, -0.2) is 46.1 Å². The molecule has 0 aliphatic heterocycles. The van der Waals surface area contributed by atoms with Crippen LogP contribution in [0.2, 0.25) is 0 Å². The maximum absolute atomic E-state index is 14.5. The molecule has 0 spiro atoms. The van der Waals surface area contributed by atoms with Gasteiger partial charge < -0.3 is 25.4 Å². The summed E-state index contributed by atoms with van der Waals surface area (Å²) in [5, 5.41) is 17.0. The van der Waals surface area contributed by atoms with Crippen molar-refractivity contribution in [3.8, 4) is 5.75 Å². The van der Waals surface area contributed by atoms with Crippen LogP contribution < -0.4 is 10.6 Å². The monoisotopic (exact) mass is 595 g/mol. The SMILES string of the molecule is CCCCCCCCN(C(=O)C(NC(=O)OC(C)(C)C)C(C)CC)C(C(=O)NCc1ccccc1)c1cccc(C)c1O. The molecule has 0 aliphatic carbocycles. The Morgan fingerprint density at radius 2 is 1.58 bits per heavy atom. The number of aromatic hydroxyl groups is 1. The average Bonchev–Trinajstić information content (AvgIpc) is 2.96. The van der Waals surface area contributed by atoms with E-state index in [9.17, 15) is 19.5 Å². The highest BCUT2D eigenvalue weighted by Gasteiger charge is 2.39. The minimum absolute atomic E-state index is 0.0247. The molecule has 0 fully saturated rings. The Bertz CT molecular complexity index is 1160. The number of carbonyl (C=O) groups excluding carboxylic acids is 3. The number of benzene rings is 2. The number of hydrogen-bond donors (Lipinski definition) is 3. The number of para-hydroxylation sites is 1. The molecule has 3 atom stereocenters. The van der Waals surface area contributed by atoms with Crippen molar-refractivity contribution in [3.63, 3.8) is 0 Å². The first-order chi connectivity index (χ1) is 20.4. The zero-order valence-corrected chi connectivity index (χ0v) is 27.2. The first-order valence-corrected chi connectivity index (χ1v) is 15.8. The number of ether oxygens (including phenoxy) is 1. The van der Waals surface area contributed by atoms with E-state index in [2.05, 4.69) is 17.6 Å². The summed E-state index contributed by atoms with van der Waals surface area (Å²) in [5.41, 5.74) is 1.14. The molecule has 3 amide bonds. The number of alkyl carbamates (subject to hydrolysis) is 1. The van der Waals surface area contributed by atoms with Crippen molar-refractivity contribution in [1.29, 1.82) is 0 Å². The topological polar surface area (TPSA) is 108 Å². The normalized spacial score (nSPS) is 13.5. The highest BCUT2D eigenvalue weighted by Crippen LogP contribution is 2.33. The Hall–Kier alpha value is -3.55. The van der Waals surface area contributed by atoms with Crippen LogP contribution in [0.1, 0.15) is 109 Å². The van der Waals surface area contributed by atoms with Crippen molar-refractivity contribution < 1.29 is 24.2 Å². The molecule has 2 aromatic rings. The molecule has 0 saturated carbocycles. The van der Waals surface area contributed by atoms with Crippen LogP contribution in [0.25, 0.3) is 0 Å². The number of amides is 3. The van der Waals surface area contributed by atoms with Crippen LogP contribution >= 0.6 is 0 Å². The van der Waals surface area contributed by atoms with Gasteiger partial charge in [-0.3, -0.25) is 9.59 Å². The van der Waals surface area contributed by atoms with Crippen molar-refractivity contribution in [1.82, 2.24) is 15.5 Å². The summed E-state index contributed by atoms with van der Waals surface area (Å²) in [6.45, 7) is 13.7. The summed E-state index contributed by atoms with van der Waals surface area (Å²) in [6, 6.07) is 12.8. The van der Waals surface area contributed by atoms with E-state index in [-0.39, 0.29) is 24.1 Å². The van der Waals surface area contributed by atoms with Gasteiger partial charge in [0.2, 0.25) is 11.8 Å². The molecule has 0 radical (unpaired) electrons. The number of phenolic OH excluding ortho intramolecular Hbond substituents is 1. The molecule has 8 heteroatoms. The predicted molar refractivity (Wildman–Crippen MR) is 172 cm³/mol. The third kappa shape index (κ3) is 11.6. The first kappa shape index (κ1) is 35.6. The smallest absolute Gasteiger partial charge is 0.408 e. The summed E-state index contributed by atoms with van der Waals surface area (Å²) >= 11 is 0. The van der Waals surface area contributed by atoms with Crippen LogP contribution in [0, 0.1) is 12.8 Å². The summed E-state index contributed by atoms with van der Waals surface area (Å²) in [4.78, 5) is 43.0. The number of carbonyl (C=O) groups is 3. The van der Waals surface area contributed by atoms with Gasteiger partial charge in [0.25, 0.3) is 0 Å². The maximum Gasteiger partial charge on any atom is 0.408 e. The van der Waals surface area contributed by atoms with E-state index in [0.29, 0.717) is 30.5 Å². The van der Waals surface area contributed by atoms with Gasteiger partial charge >= 0.3 is 6.09 Å². The number of phenols is 1. The third-order valence-corrected chi connectivity index (χ3v) is 7.62. The lowest BCUT2D eigenvalue weighted by molar-refractivity contribution is -0.143. The van der Waals surface area contributed by atoms with E-state index in [1.807, 2.05) is 44.2 Å². The zero-order chi connectivity index (χ0) is 32.0. The van der Waals surface area contributed by atoms with Crippen LogP contribution in [-0.2, 0) is 20.9 Å². The second-order valence-electron chi connectivity index (χ2n) is 12.4. The van der Waals surface area contributed by atoms with E-state index in [1.54, 1.807) is 50.8 Å². The van der Waals surface area contributed by atoms with Gasteiger partial charge in [-0.15, -0.1) is 0 Å². The van der Waals surface area contributed by atoms with Crippen LogP contribution in [0.15, 0.2) is 48.5 Å². The van der Waals surface area contributed by atoms with Crippen molar-refractivity contribution in [2.24, 2.45) is 5.92 Å². The van der Waals surface area contributed by atoms with Gasteiger partial charge in [-0.05, 0) is 51.2 Å². The van der Waals surface area contributed by atoms with Gasteiger partial charge in [-0.25, -0.2) is 4.79 Å². The Balaban J connectivity index is 2.53. The fourth-order valence-corrected chi connectivity index (χ4v) is 4.96. The molecule has 238 valence electrons. The van der Waals surface area contributed by atoms with Gasteiger partial charge in [0, 0.05) is 18.7 Å². The minimum Gasteiger partial charge on any atom is -0.507 e. The Labute approximate surface area is 258 Å².